The Labute approximate surface area is 159 Å². The number of rotatable bonds is 6. The van der Waals surface area contributed by atoms with E-state index >= 15 is 0 Å². The van der Waals surface area contributed by atoms with Crippen LogP contribution < -0.4 is 0 Å². The fraction of sp³-hybridized carbons (Fsp3) is 0.391. The maximum Gasteiger partial charge on any atom is 0.204 e. The van der Waals surface area contributed by atoms with Crippen LogP contribution in [0.25, 0.3) is 22.2 Å². The number of hydrogen-bond acceptors (Lipinski definition) is 4. The van der Waals surface area contributed by atoms with E-state index in [1.807, 2.05) is 12.1 Å². The van der Waals surface area contributed by atoms with Crippen molar-refractivity contribution < 1.29 is 8.83 Å². The lowest BCUT2D eigenvalue weighted by molar-refractivity contribution is 0.488. The Balaban J connectivity index is 1.61. The second-order valence-electron chi connectivity index (χ2n) is 7.46. The van der Waals surface area contributed by atoms with Crippen LogP contribution in [0, 0.1) is 0 Å². The van der Waals surface area contributed by atoms with Crippen molar-refractivity contribution in [3.63, 3.8) is 0 Å². The van der Waals surface area contributed by atoms with Gasteiger partial charge in [0.2, 0.25) is 11.8 Å². The van der Waals surface area contributed by atoms with Gasteiger partial charge in [-0.25, -0.2) is 9.97 Å². The molecule has 4 aromatic rings. The summed E-state index contributed by atoms with van der Waals surface area (Å²) in [4.78, 5) is 9.30. The molecule has 2 atom stereocenters. The third-order valence-corrected chi connectivity index (χ3v) is 5.58. The zero-order valence-electron chi connectivity index (χ0n) is 16.5. The fourth-order valence-corrected chi connectivity index (χ4v) is 3.35. The SMILES string of the molecule is CCC(C)c1ccc2oc(Cc3nc4cc(C(C)CC)ccc4o3)nc2c1. The Kier molecular flexibility index (Phi) is 4.73. The van der Waals surface area contributed by atoms with Crippen molar-refractivity contribution in [1.29, 1.82) is 0 Å². The van der Waals surface area contributed by atoms with E-state index < -0.39 is 0 Å². The van der Waals surface area contributed by atoms with Crippen LogP contribution in [0.3, 0.4) is 0 Å². The van der Waals surface area contributed by atoms with Crippen molar-refractivity contribution >= 4 is 22.2 Å². The first-order valence-electron chi connectivity index (χ1n) is 9.86. The molecular weight excluding hydrogens is 336 g/mol. The largest absolute Gasteiger partial charge is 0.440 e. The molecule has 0 aliphatic rings. The van der Waals surface area contributed by atoms with Crippen molar-refractivity contribution in [1.82, 2.24) is 9.97 Å². The summed E-state index contributed by atoms with van der Waals surface area (Å²) in [6.45, 7) is 8.86. The van der Waals surface area contributed by atoms with Crippen LogP contribution in [0.15, 0.2) is 45.2 Å². The number of hydrogen-bond donors (Lipinski definition) is 0. The van der Waals surface area contributed by atoms with Gasteiger partial charge in [0.05, 0.1) is 0 Å². The van der Waals surface area contributed by atoms with Crippen LogP contribution in [0.1, 0.15) is 75.3 Å². The van der Waals surface area contributed by atoms with Crippen molar-refractivity contribution in [2.24, 2.45) is 0 Å². The minimum atomic E-state index is 0.459. The third kappa shape index (κ3) is 3.48. The van der Waals surface area contributed by atoms with Crippen LogP contribution in [0.4, 0.5) is 0 Å². The van der Waals surface area contributed by atoms with Gasteiger partial charge in [-0.05, 0) is 60.1 Å². The van der Waals surface area contributed by atoms with E-state index in [2.05, 4.69) is 61.9 Å². The van der Waals surface area contributed by atoms with Gasteiger partial charge in [-0.3, -0.25) is 0 Å². The number of nitrogens with zero attached hydrogens (tertiary/aromatic N) is 2. The monoisotopic (exact) mass is 362 g/mol. The summed E-state index contributed by atoms with van der Waals surface area (Å²) >= 11 is 0. The van der Waals surface area contributed by atoms with E-state index in [-0.39, 0.29) is 0 Å². The standard InChI is InChI=1S/C23H26N2O2/c1-5-14(3)16-7-9-20-18(11-16)24-22(26-20)13-23-25-19-12-17(15(4)6-2)8-10-21(19)27-23/h7-12,14-15H,5-6,13H2,1-4H3. The Morgan fingerprint density at radius 1 is 0.741 bits per heavy atom. The highest BCUT2D eigenvalue weighted by Gasteiger charge is 2.14. The van der Waals surface area contributed by atoms with Crippen LogP contribution in [-0.4, -0.2) is 9.97 Å². The Morgan fingerprint density at radius 2 is 1.19 bits per heavy atom. The van der Waals surface area contributed by atoms with Gasteiger partial charge in [0, 0.05) is 0 Å². The van der Waals surface area contributed by atoms with Crippen LogP contribution in [0.2, 0.25) is 0 Å². The maximum absolute atomic E-state index is 5.90. The predicted octanol–water partition coefficient (Wildman–Crippen LogP) is 6.59. The normalized spacial score (nSPS) is 14.1. The maximum atomic E-state index is 5.90. The first kappa shape index (κ1) is 17.8. The van der Waals surface area contributed by atoms with Crippen LogP contribution >= 0.6 is 0 Å². The zero-order chi connectivity index (χ0) is 19.0. The summed E-state index contributed by atoms with van der Waals surface area (Å²) in [5.41, 5.74) is 6.02. The molecule has 0 aliphatic carbocycles. The molecular formula is C23H26N2O2. The van der Waals surface area contributed by atoms with Gasteiger partial charge in [0.15, 0.2) is 11.2 Å². The van der Waals surface area contributed by atoms with Gasteiger partial charge in [0.1, 0.15) is 17.5 Å². The molecule has 27 heavy (non-hydrogen) atoms. The van der Waals surface area contributed by atoms with Gasteiger partial charge in [-0.2, -0.15) is 0 Å². The van der Waals surface area contributed by atoms with E-state index in [9.17, 15) is 0 Å². The summed E-state index contributed by atoms with van der Waals surface area (Å²) in [5, 5.41) is 0. The smallest absolute Gasteiger partial charge is 0.204 e. The molecule has 0 aliphatic heterocycles. The average Bonchev–Trinajstić information content (AvgIpc) is 3.27. The molecule has 2 heterocycles. The summed E-state index contributed by atoms with van der Waals surface area (Å²) in [6.07, 6.45) is 2.68. The third-order valence-electron chi connectivity index (χ3n) is 5.58. The van der Waals surface area contributed by atoms with Crippen molar-refractivity contribution in [2.45, 2.75) is 58.8 Å². The highest BCUT2D eigenvalue weighted by atomic mass is 16.4. The molecule has 0 saturated carbocycles. The number of benzene rings is 2. The topological polar surface area (TPSA) is 52.1 Å². The lowest BCUT2D eigenvalue weighted by atomic mass is 9.98. The van der Waals surface area contributed by atoms with Gasteiger partial charge in [-0.15, -0.1) is 0 Å². The fourth-order valence-electron chi connectivity index (χ4n) is 3.35. The summed E-state index contributed by atoms with van der Waals surface area (Å²) in [5.74, 6) is 2.32. The lowest BCUT2D eigenvalue weighted by Crippen LogP contribution is -1.91. The summed E-state index contributed by atoms with van der Waals surface area (Å²) in [7, 11) is 0. The first-order chi connectivity index (χ1) is 13.1. The molecule has 0 spiro atoms. The summed E-state index contributed by atoms with van der Waals surface area (Å²) in [6, 6.07) is 12.5. The van der Waals surface area contributed by atoms with Crippen LogP contribution in [-0.2, 0) is 6.42 Å². The molecule has 0 bridgehead atoms. The molecule has 0 radical (unpaired) electrons. The molecule has 0 amide bonds. The first-order valence-corrected chi connectivity index (χ1v) is 9.86. The molecule has 2 unspecified atom stereocenters. The number of oxazole rings is 2. The number of fused-ring (bicyclic) bond motifs is 2. The molecule has 4 nitrogen and oxygen atoms in total. The lowest BCUT2D eigenvalue weighted by Gasteiger charge is -2.07. The molecule has 2 aromatic heterocycles. The molecule has 4 heteroatoms. The predicted molar refractivity (Wildman–Crippen MR) is 108 cm³/mol. The molecule has 140 valence electrons. The van der Waals surface area contributed by atoms with E-state index in [4.69, 9.17) is 8.83 Å². The zero-order valence-corrected chi connectivity index (χ0v) is 16.5. The average molecular weight is 362 g/mol. The highest BCUT2D eigenvalue weighted by molar-refractivity contribution is 5.74. The van der Waals surface area contributed by atoms with Gasteiger partial charge >= 0.3 is 0 Å². The second-order valence-corrected chi connectivity index (χ2v) is 7.46. The van der Waals surface area contributed by atoms with Crippen molar-refractivity contribution in [3.8, 4) is 0 Å². The van der Waals surface area contributed by atoms with Gasteiger partial charge in [-0.1, -0.05) is 39.8 Å². The van der Waals surface area contributed by atoms with E-state index in [0.717, 1.165) is 35.0 Å². The van der Waals surface area contributed by atoms with E-state index in [0.29, 0.717) is 30.0 Å². The Hall–Kier alpha value is -2.62. The molecule has 4 rings (SSSR count). The van der Waals surface area contributed by atoms with Crippen molar-refractivity contribution in [3.05, 3.63) is 59.3 Å². The Morgan fingerprint density at radius 3 is 1.59 bits per heavy atom. The van der Waals surface area contributed by atoms with Gasteiger partial charge < -0.3 is 8.83 Å². The highest BCUT2D eigenvalue weighted by Crippen LogP contribution is 2.27. The molecule has 2 aromatic carbocycles. The molecule has 0 saturated heterocycles. The van der Waals surface area contributed by atoms with Crippen molar-refractivity contribution in [2.75, 3.05) is 0 Å². The number of aromatic nitrogens is 2. The van der Waals surface area contributed by atoms with Crippen LogP contribution in [0.5, 0.6) is 0 Å². The molecule has 0 N–H and O–H groups in total. The minimum absolute atomic E-state index is 0.459. The Bertz CT molecular complexity index is 991. The quantitative estimate of drug-likeness (QED) is 0.388. The molecule has 0 fully saturated rings. The van der Waals surface area contributed by atoms with E-state index in [1.165, 1.54) is 11.1 Å². The van der Waals surface area contributed by atoms with Gasteiger partial charge in [0.25, 0.3) is 0 Å². The minimum Gasteiger partial charge on any atom is -0.440 e. The van der Waals surface area contributed by atoms with E-state index in [1.54, 1.807) is 0 Å². The summed E-state index contributed by atoms with van der Waals surface area (Å²) < 4.78 is 11.8. The second kappa shape index (κ2) is 7.18.